The van der Waals surface area contributed by atoms with Gasteiger partial charge >= 0.3 is 0 Å². The fraction of sp³-hybridized carbons (Fsp3) is 0.432. The number of aromatic nitrogens is 1. The molecular weight excluding hydrogens is 638 g/mol. The number of amidine groups is 1. The molecule has 4 N–H and O–H groups in total. The van der Waals surface area contributed by atoms with Gasteiger partial charge in [-0.3, -0.25) is 29.0 Å². The molecule has 1 unspecified atom stereocenters. The smallest absolute Gasteiger partial charge is 0.249 e. The number of aliphatic imine (C=N–C) groups is 1. The van der Waals surface area contributed by atoms with E-state index < -0.39 is 35.3 Å². The highest BCUT2D eigenvalue weighted by Crippen LogP contribution is 2.22. The third kappa shape index (κ3) is 10.9. The van der Waals surface area contributed by atoms with Gasteiger partial charge < -0.3 is 30.9 Å². The number of carbonyl (C=O) groups is 5. The van der Waals surface area contributed by atoms with E-state index in [2.05, 4.69) is 37.3 Å². The number of benzene rings is 2. The van der Waals surface area contributed by atoms with Crippen molar-refractivity contribution in [1.29, 1.82) is 0 Å². The highest BCUT2D eigenvalue weighted by molar-refractivity contribution is 5.98. The molecule has 2 heterocycles. The number of hydrogen-bond acceptors (Lipinski definition) is 7. The number of fused-ring (bicyclic) bond motifs is 1. The molecule has 1 fully saturated rings. The third-order valence-corrected chi connectivity index (χ3v) is 8.76. The van der Waals surface area contributed by atoms with E-state index in [1.165, 1.54) is 0 Å². The van der Waals surface area contributed by atoms with Crippen LogP contribution in [0.1, 0.15) is 50.7 Å². The molecule has 13 heteroatoms. The van der Waals surface area contributed by atoms with Gasteiger partial charge in [0.1, 0.15) is 11.4 Å². The minimum absolute atomic E-state index is 0.101. The number of hydrogen-bond donors (Lipinski definition) is 4. The zero-order valence-corrected chi connectivity index (χ0v) is 28.9. The number of nitrogens with one attached hydrogen (secondary N) is 4. The topological polar surface area (TPSA) is 171 Å². The van der Waals surface area contributed by atoms with E-state index in [1.807, 2.05) is 49.4 Å². The van der Waals surface area contributed by atoms with Crippen molar-refractivity contribution in [3.8, 4) is 0 Å². The van der Waals surface area contributed by atoms with Crippen LogP contribution in [-0.4, -0.2) is 96.7 Å². The van der Waals surface area contributed by atoms with Crippen molar-refractivity contribution in [2.24, 2.45) is 4.99 Å². The molecule has 4 rings (SSSR count). The van der Waals surface area contributed by atoms with Crippen LogP contribution in [0.3, 0.4) is 0 Å². The highest BCUT2D eigenvalue weighted by Gasteiger charge is 2.41. The van der Waals surface area contributed by atoms with Gasteiger partial charge in [-0.2, -0.15) is 4.99 Å². The lowest BCUT2D eigenvalue weighted by atomic mass is 9.88. The lowest BCUT2D eigenvalue weighted by Gasteiger charge is -2.36. The average Bonchev–Trinajstić information content (AvgIpc) is 3.12. The van der Waals surface area contributed by atoms with Crippen molar-refractivity contribution in [3.63, 3.8) is 0 Å². The van der Waals surface area contributed by atoms with Gasteiger partial charge in [-0.25, -0.2) is 0 Å². The maximum Gasteiger partial charge on any atom is 0.249 e. The zero-order chi connectivity index (χ0) is 35.9. The Morgan fingerprint density at radius 3 is 2.48 bits per heavy atom. The van der Waals surface area contributed by atoms with Crippen LogP contribution in [-0.2, 0) is 41.6 Å². The molecule has 0 radical (unpaired) electrons. The van der Waals surface area contributed by atoms with Crippen molar-refractivity contribution in [2.45, 2.75) is 70.0 Å². The van der Waals surface area contributed by atoms with E-state index in [4.69, 9.17) is 4.74 Å². The van der Waals surface area contributed by atoms with Gasteiger partial charge in [0.15, 0.2) is 0 Å². The summed E-state index contributed by atoms with van der Waals surface area (Å²) in [4.78, 5) is 74.0. The number of rotatable bonds is 16. The molecule has 0 aliphatic carbocycles. The van der Waals surface area contributed by atoms with Crippen molar-refractivity contribution in [2.75, 3.05) is 33.4 Å². The van der Waals surface area contributed by atoms with Crippen molar-refractivity contribution in [1.82, 2.24) is 31.2 Å². The Morgan fingerprint density at radius 1 is 1.02 bits per heavy atom. The van der Waals surface area contributed by atoms with Crippen molar-refractivity contribution < 1.29 is 28.7 Å². The molecule has 13 nitrogen and oxygen atoms in total. The van der Waals surface area contributed by atoms with E-state index in [0.717, 1.165) is 21.9 Å². The number of likely N-dealkylation sites (N-methyl/N-ethyl adjacent to an activating group) is 1. The predicted octanol–water partition coefficient (Wildman–Crippen LogP) is 2.08. The summed E-state index contributed by atoms with van der Waals surface area (Å²) in [5.74, 6) is -1.30. The molecule has 5 amide bonds. The van der Waals surface area contributed by atoms with Gasteiger partial charge in [0.05, 0.1) is 12.6 Å². The Balaban J connectivity index is 1.30. The lowest BCUT2D eigenvalue weighted by Crippen LogP contribution is -2.62. The molecule has 2 aromatic carbocycles. The van der Waals surface area contributed by atoms with E-state index in [-0.39, 0.29) is 38.1 Å². The second-order valence-corrected chi connectivity index (χ2v) is 12.6. The number of ether oxygens (including phenoxy) is 1. The van der Waals surface area contributed by atoms with Crippen LogP contribution in [0.2, 0.25) is 0 Å². The average molecular weight is 686 g/mol. The Morgan fingerprint density at radius 2 is 1.78 bits per heavy atom. The number of nitrogens with zero attached hydrogens (tertiary/aromatic N) is 3. The molecule has 0 bridgehead atoms. The predicted molar refractivity (Wildman–Crippen MR) is 190 cm³/mol. The van der Waals surface area contributed by atoms with E-state index in [9.17, 15) is 24.0 Å². The minimum Gasteiger partial charge on any atom is -0.381 e. The molecule has 1 saturated heterocycles. The summed E-state index contributed by atoms with van der Waals surface area (Å²) in [6, 6.07) is 16.6. The van der Waals surface area contributed by atoms with Crippen LogP contribution in [0.15, 0.2) is 72.0 Å². The number of pyridine rings is 1. The second kappa shape index (κ2) is 18.6. The first-order valence-corrected chi connectivity index (χ1v) is 17.0. The van der Waals surface area contributed by atoms with Crippen molar-refractivity contribution in [3.05, 3.63) is 78.1 Å². The van der Waals surface area contributed by atoms with Crippen LogP contribution < -0.4 is 21.3 Å². The number of carbonyl (C=O) groups excluding carboxylic acids is 5. The largest absolute Gasteiger partial charge is 0.381 e. The maximum absolute atomic E-state index is 13.4. The SMILES string of the molecule is CCN(C)C(=NC(=O)CC(C)NC(=O)CNC(=O)C1(NC(=O)CCc2ccc3ccccc3c2)CCOCC1)[C@H](Cc1cccnc1)NC=O. The quantitative estimate of drug-likeness (QED) is 0.101. The standard InChI is InChI=1S/C37H47N7O6/c1-4-44(3)35(31(40-25-45)22-28-8-7-17-38-23-28)42-33(47)20-26(2)41-34(48)24-39-36(49)37(15-18-50-19-16-37)43-32(46)14-12-27-11-13-29-9-5-6-10-30(29)21-27/h5-11,13,17,21,23,25-26,31H,4,12,14-16,18-20,22,24H2,1-3H3,(H,39,49)(H,40,45)(H,41,48)(H,43,46)/t26?,31-/m0/s1. The molecule has 1 aromatic heterocycles. The summed E-state index contributed by atoms with van der Waals surface area (Å²) >= 11 is 0. The van der Waals surface area contributed by atoms with Crippen LogP contribution in [0.25, 0.3) is 10.8 Å². The first-order chi connectivity index (χ1) is 24.1. The molecule has 266 valence electrons. The monoisotopic (exact) mass is 685 g/mol. The Kier molecular flexibility index (Phi) is 14.0. The van der Waals surface area contributed by atoms with Gasteiger partial charge in [-0.15, -0.1) is 0 Å². The number of aryl methyl sites for hydroxylation is 1. The van der Waals surface area contributed by atoms with E-state index in [1.54, 1.807) is 37.3 Å². The molecule has 0 spiro atoms. The molecule has 2 atom stereocenters. The summed E-state index contributed by atoms with van der Waals surface area (Å²) in [6.07, 6.45) is 5.47. The van der Waals surface area contributed by atoms with Gasteiger partial charge in [0.25, 0.3) is 0 Å². The third-order valence-electron chi connectivity index (χ3n) is 8.76. The molecule has 50 heavy (non-hydrogen) atoms. The molecule has 1 aliphatic heterocycles. The second-order valence-electron chi connectivity index (χ2n) is 12.6. The van der Waals surface area contributed by atoms with Gasteiger partial charge in [-0.1, -0.05) is 48.5 Å². The summed E-state index contributed by atoms with van der Waals surface area (Å²) < 4.78 is 5.47. The van der Waals surface area contributed by atoms with Crippen LogP contribution in [0, 0.1) is 0 Å². The molecule has 0 saturated carbocycles. The Labute approximate surface area is 292 Å². The van der Waals surface area contributed by atoms with Gasteiger partial charge in [-0.05, 0) is 48.2 Å². The molecule has 3 aromatic rings. The fourth-order valence-electron chi connectivity index (χ4n) is 5.90. The first-order valence-electron chi connectivity index (χ1n) is 17.0. The van der Waals surface area contributed by atoms with Crippen LogP contribution >= 0.6 is 0 Å². The normalized spacial score (nSPS) is 15.3. The molecule has 1 aliphatic rings. The summed E-state index contributed by atoms with van der Waals surface area (Å²) in [6.45, 7) is 4.37. The summed E-state index contributed by atoms with van der Waals surface area (Å²) in [5, 5.41) is 13.3. The highest BCUT2D eigenvalue weighted by atomic mass is 16.5. The number of amides is 5. The summed E-state index contributed by atoms with van der Waals surface area (Å²) in [5.41, 5.74) is 0.691. The Hall–Kier alpha value is -5.17. The maximum atomic E-state index is 13.4. The summed E-state index contributed by atoms with van der Waals surface area (Å²) in [7, 11) is 1.78. The Bertz CT molecular complexity index is 1660. The lowest BCUT2D eigenvalue weighted by molar-refractivity contribution is -0.138. The first kappa shape index (κ1) is 37.6. The van der Waals surface area contributed by atoms with Gasteiger partial charge in [0.2, 0.25) is 30.0 Å². The van der Waals surface area contributed by atoms with E-state index in [0.29, 0.717) is 44.8 Å². The van der Waals surface area contributed by atoms with Crippen molar-refractivity contribution >= 4 is 46.6 Å². The minimum atomic E-state index is -1.20. The van der Waals surface area contributed by atoms with Gasteiger partial charge in [0, 0.05) is 77.3 Å². The van der Waals surface area contributed by atoms with Crippen LogP contribution in [0.5, 0.6) is 0 Å². The molecular formula is C37H47N7O6. The van der Waals surface area contributed by atoms with E-state index >= 15 is 0 Å². The fourth-order valence-corrected chi connectivity index (χ4v) is 5.90. The zero-order valence-electron chi connectivity index (χ0n) is 28.9. The van der Waals surface area contributed by atoms with Crippen LogP contribution in [0.4, 0.5) is 0 Å².